The molecule has 0 atom stereocenters. The molecular formula is C46H36N2. The molecule has 0 aliphatic carbocycles. The third-order valence-electron chi connectivity index (χ3n) is 9.23. The van der Waals surface area contributed by atoms with Gasteiger partial charge in [-0.25, -0.2) is 9.97 Å². The third-order valence-corrected chi connectivity index (χ3v) is 9.23. The number of hydrogen-bond donors (Lipinski definition) is 0. The molecule has 2 heteroatoms. The molecule has 8 aromatic rings. The number of aromatic nitrogens is 2. The minimum atomic E-state index is 0.0193. The Bertz CT molecular complexity index is 2330. The minimum absolute atomic E-state index is 0.0193. The summed E-state index contributed by atoms with van der Waals surface area (Å²) in [6.45, 7) is 6.86. The second-order valence-electron chi connectivity index (χ2n) is 13.4. The lowest BCUT2D eigenvalue weighted by Crippen LogP contribution is -2.10. The van der Waals surface area contributed by atoms with Gasteiger partial charge < -0.3 is 0 Å². The first-order valence-corrected chi connectivity index (χ1v) is 16.6. The number of hydrogen-bond acceptors (Lipinski definition) is 2. The highest BCUT2D eigenvalue weighted by Gasteiger charge is 2.21. The molecule has 230 valence electrons. The summed E-state index contributed by atoms with van der Waals surface area (Å²) in [4.78, 5) is 10.4. The lowest BCUT2D eigenvalue weighted by Gasteiger charge is -2.23. The highest BCUT2D eigenvalue weighted by Crippen LogP contribution is 2.45. The Balaban J connectivity index is 1.46. The van der Waals surface area contributed by atoms with E-state index in [0.717, 1.165) is 28.1 Å². The zero-order chi connectivity index (χ0) is 32.7. The van der Waals surface area contributed by atoms with E-state index in [1.54, 1.807) is 0 Å². The van der Waals surface area contributed by atoms with Crippen LogP contribution in [0, 0.1) is 0 Å². The number of nitrogens with zero attached hydrogens (tertiary/aromatic N) is 2. The maximum Gasteiger partial charge on any atom is 0.160 e. The summed E-state index contributed by atoms with van der Waals surface area (Å²) < 4.78 is 0. The first-order chi connectivity index (χ1) is 23.4. The van der Waals surface area contributed by atoms with Crippen molar-refractivity contribution in [3.8, 4) is 56.2 Å². The van der Waals surface area contributed by atoms with Gasteiger partial charge in [0.1, 0.15) is 0 Å². The highest BCUT2D eigenvalue weighted by atomic mass is 14.9. The number of fused-ring (bicyclic) bond motifs is 2. The van der Waals surface area contributed by atoms with E-state index < -0.39 is 0 Å². The average Bonchev–Trinajstić information content (AvgIpc) is 3.14. The van der Waals surface area contributed by atoms with E-state index in [4.69, 9.17) is 9.97 Å². The first kappa shape index (κ1) is 29.5. The summed E-state index contributed by atoms with van der Waals surface area (Å²) in [7, 11) is 0. The van der Waals surface area contributed by atoms with Gasteiger partial charge in [0.25, 0.3) is 0 Å². The number of rotatable bonds is 5. The van der Waals surface area contributed by atoms with Gasteiger partial charge in [-0.2, -0.15) is 0 Å². The standard InChI is InChI=1S/C46H36N2/c1-46(2,3)36-25-27-38-40(29-36)44(34-22-14-7-15-23-34)37-26-24-35(28-39(37)43(38)33-20-12-6-13-21-33)45-47-41(31-16-8-4-9-17-31)30-42(48-45)32-18-10-5-11-19-32/h4-30H,1-3H3. The zero-order valence-electron chi connectivity index (χ0n) is 27.5. The fourth-order valence-corrected chi connectivity index (χ4v) is 6.76. The molecule has 2 nitrogen and oxygen atoms in total. The lowest BCUT2D eigenvalue weighted by molar-refractivity contribution is 0.591. The van der Waals surface area contributed by atoms with E-state index in [1.807, 2.05) is 12.1 Å². The largest absolute Gasteiger partial charge is 0.228 e. The molecule has 0 N–H and O–H groups in total. The van der Waals surface area contributed by atoms with Gasteiger partial charge in [0.05, 0.1) is 11.4 Å². The Hall–Kier alpha value is -5.86. The van der Waals surface area contributed by atoms with Crippen LogP contribution < -0.4 is 0 Å². The van der Waals surface area contributed by atoms with Crippen LogP contribution in [-0.2, 0) is 5.41 Å². The lowest BCUT2D eigenvalue weighted by atomic mass is 9.81. The molecule has 8 rings (SSSR count). The Morgan fingerprint density at radius 1 is 0.354 bits per heavy atom. The molecule has 0 radical (unpaired) electrons. The van der Waals surface area contributed by atoms with E-state index in [2.05, 4.69) is 172 Å². The van der Waals surface area contributed by atoms with Crippen molar-refractivity contribution in [1.82, 2.24) is 9.97 Å². The summed E-state index contributed by atoms with van der Waals surface area (Å²) in [5, 5.41) is 4.90. The van der Waals surface area contributed by atoms with Crippen LogP contribution in [0.15, 0.2) is 164 Å². The maximum absolute atomic E-state index is 5.18. The predicted octanol–water partition coefficient (Wildman–Crippen LogP) is 12.4. The van der Waals surface area contributed by atoms with Crippen molar-refractivity contribution in [2.75, 3.05) is 0 Å². The molecule has 0 aliphatic rings. The van der Waals surface area contributed by atoms with Gasteiger partial charge in [0.2, 0.25) is 0 Å². The Morgan fingerprint density at radius 2 is 0.771 bits per heavy atom. The molecule has 0 fully saturated rings. The van der Waals surface area contributed by atoms with E-state index in [-0.39, 0.29) is 5.41 Å². The Morgan fingerprint density at radius 3 is 1.23 bits per heavy atom. The summed E-state index contributed by atoms with van der Waals surface area (Å²) in [6.07, 6.45) is 0. The molecule has 0 amide bonds. The van der Waals surface area contributed by atoms with E-state index in [9.17, 15) is 0 Å². The first-order valence-electron chi connectivity index (χ1n) is 16.6. The van der Waals surface area contributed by atoms with E-state index in [1.165, 1.54) is 49.4 Å². The molecule has 0 saturated heterocycles. The van der Waals surface area contributed by atoms with Crippen LogP contribution in [0.5, 0.6) is 0 Å². The molecule has 0 bridgehead atoms. The van der Waals surface area contributed by atoms with Crippen molar-refractivity contribution in [3.63, 3.8) is 0 Å². The molecule has 0 unspecified atom stereocenters. The van der Waals surface area contributed by atoms with Crippen molar-refractivity contribution in [2.45, 2.75) is 26.2 Å². The van der Waals surface area contributed by atoms with Crippen molar-refractivity contribution in [3.05, 3.63) is 169 Å². The molecule has 0 spiro atoms. The molecule has 0 saturated carbocycles. The van der Waals surface area contributed by atoms with Crippen LogP contribution in [0.1, 0.15) is 26.3 Å². The van der Waals surface area contributed by atoms with Gasteiger partial charge in [0.15, 0.2) is 5.82 Å². The van der Waals surface area contributed by atoms with Crippen LogP contribution in [0.2, 0.25) is 0 Å². The second-order valence-corrected chi connectivity index (χ2v) is 13.4. The van der Waals surface area contributed by atoms with Gasteiger partial charge in [-0.1, -0.05) is 166 Å². The average molecular weight is 617 g/mol. The fraction of sp³-hybridized carbons (Fsp3) is 0.0870. The van der Waals surface area contributed by atoms with E-state index in [0.29, 0.717) is 5.82 Å². The van der Waals surface area contributed by atoms with Gasteiger partial charge in [-0.3, -0.25) is 0 Å². The summed E-state index contributed by atoms with van der Waals surface area (Å²) in [6, 6.07) is 58.3. The predicted molar refractivity (Wildman–Crippen MR) is 203 cm³/mol. The SMILES string of the molecule is CC(C)(C)c1ccc2c(-c3ccccc3)c3cc(-c4nc(-c5ccccc5)cc(-c5ccccc5)n4)ccc3c(-c3ccccc3)c2c1. The van der Waals surface area contributed by atoms with Crippen LogP contribution in [-0.4, -0.2) is 9.97 Å². The monoisotopic (exact) mass is 616 g/mol. The van der Waals surface area contributed by atoms with E-state index >= 15 is 0 Å². The summed E-state index contributed by atoms with van der Waals surface area (Å²) in [5.41, 5.74) is 11.1. The van der Waals surface area contributed by atoms with Gasteiger partial charge >= 0.3 is 0 Å². The minimum Gasteiger partial charge on any atom is -0.228 e. The summed E-state index contributed by atoms with van der Waals surface area (Å²) in [5.74, 6) is 0.709. The second kappa shape index (κ2) is 12.1. The van der Waals surface area contributed by atoms with Crippen LogP contribution >= 0.6 is 0 Å². The van der Waals surface area contributed by atoms with Crippen molar-refractivity contribution < 1.29 is 0 Å². The molecule has 48 heavy (non-hydrogen) atoms. The Labute approximate surface area is 282 Å². The highest BCUT2D eigenvalue weighted by molar-refractivity contribution is 6.22. The van der Waals surface area contributed by atoms with Crippen molar-refractivity contribution in [2.24, 2.45) is 0 Å². The summed E-state index contributed by atoms with van der Waals surface area (Å²) >= 11 is 0. The molecular weight excluding hydrogens is 581 g/mol. The van der Waals surface area contributed by atoms with Gasteiger partial charge in [-0.15, -0.1) is 0 Å². The Kier molecular flexibility index (Phi) is 7.42. The smallest absolute Gasteiger partial charge is 0.160 e. The molecule has 7 aromatic carbocycles. The quantitative estimate of drug-likeness (QED) is 0.180. The molecule has 1 aromatic heterocycles. The van der Waals surface area contributed by atoms with Gasteiger partial charge in [-0.05, 0) is 73.0 Å². The third kappa shape index (κ3) is 5.46. The van der Waals surface area contributed by atoms with Gasteiger partial charge in [0, 0.05) is 16.7 Å². The topological polar surface area (TPSA) is 25.8 Å². The van der Waals surface area contributed by atoms with Crippen molar-refractivity contribution in [1.29, 1.82) is 0 Å². The zero-order valence-corrected chi connectivity index (χ0v) is 27.5. The van der Waals surface area contributed by atoms with Crippen molar-refractivity contribution >= 4 is 21.5 Å². The fourth-order valence-electron chi connectivity index (χ4n) is 6.76. The van der Waals surface area contributed by atoms with Crippen LogP contribution in [0.3, 0.4) is 0 Å². The molecule has 1 heterocycles. The molecule has 0 aliphatic heterocycles. The normalized spacial score (nSPS) is 11.6. The number of benzene rings is 7. The van der Waals surface area contributed by atoms with Crippen LogP contribution in [0.4, 0.5) is 0 Å². The maximum atomic E-state index is 5.18. The van der Waals surface area contributed by atoms with Crippen LogP contribution in [0.25, 0.3) is 77.7 Å².